The summed E-state index contributed by atoms with van der Waals surface area (Å²) >= 11 is 0. The number of aliphatic hydroxyl groups is 1. The first-order chi connectivity index (χ1) is 19.0. The van der Waals surface area contributed by atoms with Crippen molar-refractivity contribution in [2.45, 2.75) is 209 Å². The lowest BCUT2D eigenvalue weighted by Gasteiger charge is -2.03. The average Bonchev–Trinajstić information content (AvgIpc) is 2.87. The van der Waals surface area contributed by atoms with Gasteiger partial charge in [-0.1, -0.05) is 143 Å². The molecule has 0 aliphatic carbocycles. The van der Waals surface area contributed by atoms with E-state index in [9.17, 15) is 9.59 Å². The van der Waals surface area contributed by atoms with Crippen LogP contribution in [0.5, 0.6) is 0 Å². The fourth-order valence-corrected chi connectivity index (χ4v) is 4.06. The van der Waals surface area contributed by atoms with Gasteiger partial charge in [-0.05, 0) is 40.0 Å². The average molecular weight is 573 g/mol. The normalized spacial score (nSPS) is 10.7. The summed E-state index contributed by atoms with van der Waals surface area (Å²) in [6, 6.07) is 0. The van der Waals surface area contributed by atoms with Crippen molar-refractivity contribution in [2.75, 3.05) is 0 Å². The SMILES string of the molecule is CC(=O)O.CCCCCCCCCC(C)=O.CCCCCCCCCC(C)=O.CCCCCCCCCC(C)O. The van der Waals surface area contributed by atoms with E-state index in [1.807, 2.05) is 6.92 Å². The van der Waals surface area contributed by atoms with Gasteiger partial charge >= 0.3 is 0 Å². The molecule has 0 heterocycles. The molecule has 0 aliphatic heterocycles. The van der Waals surface area contributed by atoms with E-state index < -0.39 is 5.97 Å². The molecule has 0 aromatic heterocycles. The molecule has 0 fully saturated rings. The lowest BCUT2D eigenvalue weighted by Crippen LogP contribution is -1.98. The number of carboxylic acids is 1. The maximum absolute atomic E-state index is 10.6. The predicted octanol–water partition coefficient (Wildman–Crippen LogP) is 11.0. The second-order valence-corrected chi connectivity index (χ2v) is 11.4. The fraction of sp³-hybridized carbons (Fsp3) is 0.914. The van der Waals surface area contributed by atoms with Crippen molar-refractivity contribution in [3.63, 3.8) is 0 Å². The van der Waals surface area contributed by atoms with E-state index in [1.54, 1.807) is 13.8 Å². The molecule has 2 N–H and O–H groups in total. The highest BCUT2D eigenvalue weighted by Gasteiger charge is 1.96. The first-order valence-electron chi connectivity index (χ1n) is 16.9. The minimum atomic E-state index is -0.833. The number of hydrogen-bond donors (Lipinski definition) is 2. The van der Waals surface area contributed by atoms with Gasteiger partial charge in [0.05, 0.1) is 6.10 Å². The first kappa shape index (κ1) is 45.7. The van der Waals surface area contributed by atoms with Gasteiger partial charge in [0.15, 0.2) is 0 Å². The van der Waals surface area contributed by atoms with Crippen molar-refractivity contribution in [3.8, 4) is 0 Å². The van der Waals surface area contributed by atoms with Crippen LogP contribution in [0.25, 0.3) is 0 Å². The molecule has 0 aromatic rings. The third-order valence-corrected chi connectivity index (χ3v) is 6.49. The molecule has 0 amide bonds. The maximum atomic E-state index is 10.6. The van der Waals surface area contributed by atoms with Crippen LogP contribution < -0.4 is 0 Å². The number of aliphatic carboxylic acids is 1. The molecule has 1 unspecified atom stereocenters. The molecular weight excluding hydrogens is 500 g/mol. The minimum Gasteiger partial charge on any atom is -0.481 e. The smallest absolute Gasteiger partial charge is 0.300 e. The van der Waals surface area contributed by atoms with Crippen LogP contribution in [0.2, 0.25) is 0 Å². The van der Waals surface area contributed by atoms with Crippen molar-refractivity contribution in [1.82, 2.24) is 0 Å². The number of unbranched alkanes of at least 4 members (excludes halogenated alkanes) is 18. The molecule has 0 aromatic carbocycles. The summed E-state index contributed by atoms with van der Waals surface area (Å²) in [4.78, 5) is 30.2. The van der Waals surface area contributed by atoms with E-state index in [4.69, 9.17) is 15.0 Å². The van der Waals surface area contributed by atoms with Gasteiger partial charge < -0.3 is 19.8 Å². The van der Waals surface area contributed by atoms with Crippen molar-refractivity contribution in [2.24, 2.45) is 0 Å². The zero-order valence-corrected chi connectivity index (χ0v) is 28.2. The van der Waals surface area contributed by atoms with Gasteiger partial charge in [0, 0.05) is 19.8 Å². The van der Waals surface area contributed by atoms with Gasteiger partial charge in [0.1, 0.15) is 11.6 Å². The van der Waals surface area contributed by atoms with Crippen LogP contribution in [0.3, 0.4) is 0 Å². The molecule has 0 aliphatic rings. The van der Waals surface area contributed by atoms with Crippen molar-refractivity contribution in [3.05, 3.63) is 0 Å². The predicted molar refractivity (Wildman–Crippen MR) is 174 cm³/mol. The monoisotopic (exact) mass is 573 g/mol. The van der Waals surface area contributed by atoms with Crippen LogP contribution in [-0.4, -0.2) is 33.9 Å². The van der Waals surface area contributed by atoms with Crippen LogP contribution in [0.1, 0.15) is 203 Å². The van der Waals surface area contributed by atoms with Crippen LogP contribution in [0.4, 0.5) is 0 Å². The van der Waals surface area contributed by atoms with E-state index in [-0.39, 0.29) is 6.10 Å². The van der Waals surface area contributed by atoms with Crippen LogP contribution in [0.15, 0.2) is 0 Å². The summed E-state index contributed by atoms with van der Waals surface area (Å²) in [5.41, 5.74) is 0. The fourth-order valence-electron chi connectivity index (χ4n) is 4.06. The first-order valence-corrected chi connectivity index (χ1v) is 16.9. The topological polar surface area (TPSA) is 91.7 Å². The number of carbonyl (C=O) groups is 3. The summed E-state index contributed by atoms with van der Waals surface area (Å²) in [5, 5.41) is 16.4. The maximum Gasteiger partial charge on any atom is 0.300 e. The van der Waals surface area contributed by atoms with Gasteiger partial charge in [-0.15, -0.1) is 0 Å². The number of carbonyl (C=O) groups excluding carboxylic acids is 2. The quantitative estimate of drug-likeness (QED) is 0.112. The van der Waals surface area contributed by atoms with Gasteiger partial charge in [0.2, 0.25) is 0 Å². The third-order valence-electron chi connectivity index (χ3n) is 6.49. The lowest BCUT2D eigenvalue weighted by atomic mass is 10.1. The Balaban J connectivity index is -0.000000227. The van der Waals surface area contributed by atoms with Gasteiger partial charge in [0.25, 0.3) is 5.97 Å². The number of carboxylic acid groups (broad SMARTS) is 1. The molecule has 0 saturated carbocycles. The standard InChI is InChI=1S/C11H24O.2C11H22O.C2H4O2/c3*1-3-4-5-6-7-8-9-10-11(2)12;1-2(3)4/h11-12H,3-10H2,1-2H3;2*3-10H2,1-2H3;1H3,(H,3,4). The Morgan fingerprint density at radius 3 is 0.925 bits per heavy atom. The number of ketones is 2. The number of hydrogen-bond acceptors (Lipinski definition) is 4. The number of aliphatic hydroxyl groups excluding tert-OH is 1. The van der Waals surface area contributed by atoms with Crippen molar-refractivity contribution in [1.29, 1.82) is 0 Å². The Morgan fingerprint density at radius 2 is 0.700 bits per heavy atom. The highest BCUT2D eigenvalue weighted by molar-refractivity contribution is 5.75. The molecule has 0 bridgehead atoms. The van der Waals surface area contributed by atoms with Crippen LogP contribution >= 0.6 is 0 Å². The molecular formula is C35H72O5. The van der Waals surface area contributed by atoms with Crippen LogP contribution in [0, 0.1) is 0 Å². The summed E-state index contributed by atoms with van der Waals surface area (Å²) in [5.74, 6) is -0.160. The summed E-state index contributed by atoms with van der Waals surface area (Å²) in [6.07, 6.45) is 29.9. The molecule has 5 nitrogen and oxygen atoms in total. The Bertz CT molecular complexity index is 470. The second kappa shape index (κ2) is 42.2. The summed E-state index contributed by atoms with van der Waals surface area (Å²) in [6.45, 7) is 13.0. The third kappa shape index (κ3) is 70.8. The highest BCUT2D eigenvalue weighted by Crippen LogP contribution is 2.10. The van der Waals surface area contributed by atoms with E-state index in [0.29, 0.717) is 11.6 Å². The molecule has 0 spiro atoms. The summed E-state index contributed by atoms with van der Waals surface area (Å²) in [7, 11) is 0. The Labute approximate surface area is 250 Å². The van der Waals surface area contributed by atoms with Crippen molar-refractivity contribution < 1.29 is 24.6 Å². The minimum absolute atomic E-state index is 0.0966. The molecule has 5 heteroatoms. The highest BCUT2D eigenvalue weighted by atomic mass is 16.4. The van der Waals surface area contributed by atoms with Crippen LogP contribution in [-0.2, 0) is 14.4 Å². The zero-order valence-electron chi connectivity index (χ0n) is 28.2. The molecule has 0 radical (unpaired) electrons. The van der Waals surface area contributed by atoms with E-state index in [0.717, 1.165) is 39.0 Å². The number of rotatable bonds is 24. The lowest BCUT2D eigenvalue weighted by molar-refractivity contribution is -0.134. The molecule has 0 rings (SSSR count). The Hall–Kier alpha value is -1.23. The molecule has 40 heavy (non-hydrogen) atoms. The Kier molecular flexibility index (Phi) is 48.3. The van der Waals surface area contributed by atoms with E-state index in [2.05, 4.69) is 20.8 Å². The molecule has 242 valence electrons. The second-order valence-electron chi connectivity index (χ2n) is 11.4. The van der Waals surface area contributed by atoms with E-state index >= 15 is 0 Å². The largest absolute Gasteiger partial charge is 0.481 e. The zero-order chi connectivity index (χ0) is 31.3. The van der Waals surface area contributed by atoms with Gasteiger partial charge in [-0.2, -0.15) is 0 Å². The van der Waals surface area contributed by atoms with Gasteiger partial charge in [-0.3, -0.25) is 4.79 Å². The number of Topliss-reactive ketones (excluding diaryl/α,β-unsaturated/α-hetero) is 2. The van der Waals surface area contributed by atoms with E-state index in [1.165, 1.54) is 122 Å². The molecule has 0 saturated heterocycles. The molecule has 1 atom stereocenters. The Morgan fingerprint density at radius 1 is 0.475 bits per heavy atom. The van der Waals surface area contributed by atoms with Gasteiger partial charge in [-0.25, -0.2) is 0 Å². The summed E-state index contributed by atoms with van der Waals surface area (Å²) < 4.78 is 0. The van der Waals surface area contributed by atoms with Crippen molar-refractivity contribution >= 4 is 17.5 Å².